The van der Waals surface area contributed by atoms with E-state index in [0.29, 0.717) is 11.1 Å². The van der Waals surface area contributed by atoms with Gasteiger partial charge in [0.05, 0.1) is 18.0 Å². The van der Waals surface area contributed by atoms with Gasteiger partial charge in [-0.25, -0.2) is 4.68 Å². The lowest BCUT2D eigenvalue weighted by Gasteiger charge is -2.05. The van der Waals surface area contributed by atoms with Crippen molar-refractivity contribution in [1.29, 1.82) is 0 Å². The molecule has 0 bridgehead atoms. The molecule has 0 aliphatic carbocycles. The van der Waals surface area contributed by atoms with Gasteiger partial charge in [-0.1, -0.05) is 6.07 Å². The second-order valence-corrected chi connectivity index (χ2v) is 5.12. The smallest absolute Gasteiger partial charge is 0.285 e. The average Bonchev–Trinajstić information content (AvgIpc) is 2.57. The second kappa shape index (κ2) is 5.12. The monoisotopic (exact) mass is 310 g/mol. The molecule has 0 radical (unpaired) electrons. The van der Waals surface area contributed by atoms with Crippen LogP contribution in [0.25, 0.3) is 5.69 Å². The molecule has 18 heavy (non-hydrogen) atoms. The normalized spacial score (nSPS) is 10.9. The molecule has 0 spiro atoms. The molecule has 0 saturated carbocycles. The van der Waals surface area contributed by atoms with Crippen LogP contribution >= 0.6 is 15.9 Å². The van der Waals surface area contributed by atoms with Crippen molar-refractivity contribution in [2.45, 2.75) is 20.5 Å². The number of halogens is 1. The molecule has 1 aromatic carbocycles. The molecule has 0 unspecified atom stereocenters. The third-order valence-electron chi connectivity index (χ3n) is 2.66. The Morgan fingerprint density at radius 1 is 1.28 bits per heavy atom. The van der Waals surface area contributed by atoms with Gasteiger partial charge in [0.1, 0.15) is 4.47 Å². The number of aryl methyl sites for hydroxylation is 2. The van der Waals surface area contributed by atoms with E-state index in [1.54, 1.807) is 7.11 Å². The summed E-state index contributed by atoms with van der Waals surface area (Å²) in [6.07, 6.45) is 0. The Bertz CT molecular complexity index is 608. The molecule has 0 fully saturated rings. The summed E-state index contributed by atoms with van der Waals surface area (Å²) in [6, 6.07) is 6.00. The molecular weight excluding hydrogens is 296 g/mol. The molecule has 2 aromatic rings. The average molecular weight is 311 g/mol. The number of ether oxygens (including phenoxy) is 1. The van der Waals surface area contributed by atoms with Crippen LogP contribution in [-0.2, 0) is 11.3 Å². The molecule has 1 N–H and O–H groups in total. The fourth-order valence-corrected chi connectivity index (χ4v) is 2.34. The Morgan fingerprint density at radius 2 is 1.89 bits per heavy atom. The topological polar surface area (TPSA) is 47.0 Å². The van der Waals surface area contributed by atoms with Crippen LogP contribution in [0.2, 0.25) is 0 Å². The van der Waals surface area contributed by atoms with Crippen molar-refractivity contribution in [2.75, 3.05) is 7.11 Å². The summed E-state index contributed by atoms with van der Waals surface area (Å²) in [4.78, 5) is 12.1. The van der Waals surface area contributed by atoms with E-state index in [-0.39, 0.29) is 5.56 Å². The number of benzene rings is 1. The van der Waals surface area contributed by atoms with Gasteiger partial charge in [-0.15, -0.1) is 0 Å². The van der Waals surface area contributed by atoms with Crippen molar-refractivity contribution in [2.24, 2.45) is 0 Å². The summed E-state index contributed by atoms with van der Waals surface area (Å²) in [5.74, 6) is 0. The van der Waals surface area contributed by atoms with Crippen molar-refractivity contribution in [1.82, 2.24) is 9.78 Å². The van der Waals surface area contributed by atoms with Crippen molar-refractivity contribution < 1.29 is 4.74 Å². The minimum Gasteiger partial charge on any atom is -0.378 e. The molecule has 0 aliphatic rings. The molecule has 96 valence electrons. The number of aromatic amines is 1. The minimum atomic E-state index is -0.105. The Kier molecular flexibility index (Phi) is 3.73. The van der Waals surface area contributed by atoms with Gasteiger partial charge in [-0.3, -0.25) is 9.89 Å². The van der Waals surface area contributed by atoms with E-state index in [9.17, 15) is 4.79 Å². The zero-order valence-electron chi connectivity index (χ0n) is 10.6. The molecule has 0 aliphatic heterocycles. The second-order valence-electron chi connectivity index (χ2n) is 4.32. The van der Waals surface area contributed by atoms with Crippen molar-refractivity contribution in [3.63, 3.8) is 0 Å². The van der Waals surface area contributed by atoms with Crippen molar-refractivity contribution >= 4 is 15.9 Å². The Labute approximate surface area is 114 Å². The number of hydrogen-bond donors (Lipinski definition) is 1. The summed E-state index contributed by atoms with van der Waals surface area (Å²) in [7, 11) is 1.60. The lowest BCUT2D eigenvalue weighted by Crippen LogP contribution is -2.14. The maximum Gasteiger partial charge on any atom is 0.285 e. The Balaban J connectivity index is 2.57. The lowest BCUT2D eigenvalue weighted by atomic mass is 10.1. The third kappa shape index (κ3) is 2.42. The van der Waals surface area contributed by atoms with Crippen LogP contribution in [0.1, 0.15) is 16.8 Å². The maximum absolute atomic E-state index is 12.1. The number of nitrogens with one attached hydrogen (secondary N) is 1. The quantitative estimate of drug-likeness (QED) is 0.947. The number of rotatable bonds is 3. The Morgan fingerprint density at radius 3 is 2.44 bits per heavy atom. The van der Waals surface area contributed by atoms with Crippen LogP contribution < -0.4 is 5.56 Å². The SMILES string of the molecule is COCc1[nH]n(-c2cc(C)cc(C)c2)c(=O)c1Br. The molecule has 0 amide bonds. The number of nitrogens with zero attached hydrogens (tertiary/aromatic N) is 1. The van der Waals surface area contributed by atoms with E-state index < -0.39 is 0 Å². The zero-order chi connectivity index (χ0) is 13.3. The molecule has 0 atom stereocenters. The van der Waals surface area contributed by atoms with Gasteiger partial charge < -0.3 is 4.74 Å². The van der Waals surface area contributed by atoms with Crippen LogP contribution in [0.5, 0.6) is 0 Å². The zero-order valence-corrected chi connectivity index (χ0v) is 12.2. The fourth-order valence-electron chi connectivity index (χ4n) is 1.96. The van der Waals surface area contributed by atoms with Gasteiger partial charge >= 0.3 is 0 Å². The minimum absolute atomic E-state index is 0.105. The highest BCUT2D eigenvalue weighted by Crippen LogP contribution is 2.16. The van der Waals surface area contributed by atoms with Crippen LogP contribution in [0, 0.1) is 13.8 Å². The molecule has 4 nitrogen and oxygen atoms in total. The highest BCUT2D eigenvalue weighted by atomic mass is 79.9. The van der Waals surface area contributed by atoms with Crippen LogP contribution in [-0.4, -0.2) is 16.9 Å². The van der Waals surface area contributed by atoms with Gasteiger partial charge in [-0.05, 0) is 53.0 Å². The highest BCUT2D eigenvalue weighted by Gasteiger charge is 2.12. The largest absolute Gasteiger partial charge is 0.378 e. The summed E-state index contributed by atoms with van der Waals surface area (Å²) >= 11 is 3.29. The Hall–Kier alpha value is -1.33. The molecule has 1 heterocycles. The van der Waals surface area contributed by atoms with Crippen LogP contribution in [0.15, 0.2) is 27.5 Å². The van der Waals surface area contributed by atoms with Crippen LogP contribution in [0.4, 0.5) is 0 Å². The third-order valence-corrected chi connectivity index (χ3v) is 3.47. The molecule has 1 aromatic heterocycles. The number of aromatic nitrogens is 2. The van der Waals surface area contributed by atoms with Gasteiger partial charge in [0.25, 0.3) is 5.56 Å². The first-order valence-corrected chi connectivity index (χ1v) is 6.39. The maximum atomic E-state index is 12.1. The molecule has 5 heteroatoms. The predicted octanol–water partition coefficient (Wildman–Crippen LogP) is 2.69. The van der Waals surface area contributed by atoms with Gasteiger partial charge in [-0.2, -0.15) is 0 Å². The van der Waals surface area contributed by atoms with Gasteiger partial charge in [0, 0.05) is 7.11 Å². The van der Waals surface area contributed by atoms with E-state index >= 15 is 0 Å². The van der Waals surface area contributed by atoms with Gasteiger partial charge in [0.2, 0.25) is 0 Å². The molecule has 0 saturated heterocycles. The van der Waals surface area contributed by atoms with E-state index in [2.05, 4.69) is 27.1 Å². The van der Waals surface area contributed by atoms with Crippen LogP contribution in [0.3, 0.4) is 0 Å². The number of methoxy groups -OCH3 is 1. The van der Waals surface area contributed by atoms with E-state index in [4.69, 9.17) is 4.74 Å². The standard InChI is InChI=1S/C13H15BrN2O2/c1-8-4-9(2)6-10(5-8)16-13(17)12(14)11(15-16)7-18-3/h4-6,15H,7H2,1-3H3. The first-order chi connectivity index (χ1) is 8.52. The number of H-pyrrole nitrogens is 1. The predicted molar refractivity (Wildman–Crippen MR) is 74.3 cm³/mol. The van der Waals surface area contributed by atoms with E-state index in [0.717, 1.165) is 22.5 Å². The molecule has 2 rings (SSSR count). The lowest BCUT2D eigenvalue weighted by molar-refractivity contribution is 0.180. The summed E-state index contributed by atoms with van der Waals surface area (Å²) < 4.78 is 7.09. The van der Waals surface area contributed by atoms with Gasteiger partial charge in [0.15, 0.2) is 0 Å². The fraction of sp³-hybridized carbons (Fsp3) is 0.308. The summed E-state index contributed by atoms with van der Waals surface area (Å²) in [5, 5.41) is 3.05. The van der Waals surface area contributed by atoms with Crippen molar-refractivity contribution in [3.8, 4) is 5.69 Å². The summed E-state index contributed by atoms with van der Waals surface area (Å²) in [6.45, 7) is 4.39. The van der Waals surface area contributed by atoms with E-state index in [1.165, 1.54) is 4.68 Å². The number of hydrogen-bond acceptors (Lipinski definition) is 2. The first-order valence-electron chi connectivity index (χ1n) is 5.60. The highest BCUT2D eigenvalue weighted by molar-refractivity contribution is 9.10. The molecular formula is C13H15BrN2O2. The summed E-state index contributed by atoms with van der Waals surface area (Å²) in [5.41, 5.74) is 3.71. The van der Waals surface area contributed by atoms with E-state index in [1.807, 2.05) is 26.0 Å². The first kappa shape index (κ1) is 13.1. The van der Waals surface area contributed by atoms with Crippen molar-refractivity contribution in [3.05, 3.63) is 49.8 Å².